The summed E-state index contributed by atoms with van der Waals surface area (Å²) >= 11 is 0. The Morgan fingerprint density at radius 3 is 2.59 bits per heavy atom. The molecule has 0 bridgehead atoms. The minimum absolute atomic E-state index is 0.0430. The highest BCUT2D eigenvalue weighted by atomic mass is 16.1. The van der Waals surface area contributed by atoms with Gasteiger partial charge in [0.05, 0.1) is 5.69 Å². The standard InChI is InChI=1S/C24H28N2O/c1-24(2)17-26(15-18-8-4-3-5-9-18)16-20(23(24)27)14-21-13-12-19-10-6-7-11-22(19)25-21/h3-11,20H,12-17H2,1-2H3. The van der Waals surface area contributed by atoms with Gasteiger partial charge in [0.2, 0.25) is 0 Å². The Balaban J connectivity index is 1.51. The number of carbonyl (C=O) groups excluding carboxylic acids is 1. The summed E-state index contributed by atoms with van der Waals surface area (Å²) in [6.07, 6.45) is 2.80. The van der Waals surface area contributed by atoms with Crippen LogP contribution in [0.2, 0.25) is 0 Å². The first kappa shape index (κ1) is 18.1. The maximum atomic E-state index is 13.1. The molecule has 2 aromatic carbocycles. The van der Waals surface area contributed by atoms with E-state index in [1.807, 2.05) is 6.07 Å². The molecule has 1 unspecified atom stereocenters. The molecule has 0 N–H and O–H groups in total. The van der Waals surface area contributed by atoms with Crippen molar-refractivity contribution in [1.82, 2.24) is 4.90 Å². The minimum Gasteiger partial charge on any atom is -0.299 e. The van der Waals surface area contributed by atoms with Crippen LogP contribution in [0, 0.1) is 11.3 Å². The molecule has 2 aliphatic rings. The number of ketones is 1. The Kier molecular flexibility index (Phi) is 4.96. The van der Waals surface area contributed by atoms with E-state index in [0.29, 0.717) is 5.78 Å². The summed E-state index contributed by atoms with van der Waals surface area (Å²) in [4.78, 5) is 20.4. The average Bonchev–Trinajstić information content (AvgIpc) is 2.66. The highest BCUT2D eigenvalue weighted by Gasteiger charge is 2.41. The summed E-state index contributed by atoms with van der Waals surface area (Å²) in [7, 11) is 0. The molecule has 140 valence electrons. The van der Waals surface area contributed by atoms with E-state index in [9.17, 15) is 4.79 Å². The van der Waals surface area contributed by atoms with Gasteiger partial charge < -0.3 is 0 Å². The molecule has 27 heavy (non-hydrogen) atoms. The van der Waals surface area contributed by atoms with E-state index in [4.69, 9.17) is 4.99 Å². The molecule has 4 rings (SSSR count). The molecule has 2 heterocycles. The number of para-hydroxylation sites is 1. The van der Waals surface area contributed by atoms with Crippen LogP contribution in [-0.4, -0.2) is 29.5 Å². The van der Waals surface area contributed by atoms with Crippen molar-refractivity contribution in [3.63, 3.8) is 0 Å². The van der Waals surface area contributed by atoms with E-state index in [-0.39, 0.29) is 11.3 Å². The lowest BCUT2D eigenvalue weighted by molar-refractivity contribution is -0.137. The van der Waals surface area contributed by atoms with Crippen LogP contribution in [0.3, 0.4) is 0 Å². The topological polar surface area (TPSA) is 32.7 Å². The quantitative estimate of drug-likeness (QED) is 0.783. The van der Waals surface area contributed by atoms with Gasteiger partial charge in [-0.1, -0.05) is 62.4 Å². The Morgan fingerprint density at radius 1 is 1.04 bits per heavy atom. The smallest absolute Gasteiger partial charge is 0.144 e. The Bertz CT molecular complexity index is 854. The number of benzene rings is 2. The summed E-state index contributed by atoms with van der Waals surface area (Å²) in [5.74, 6) is 0.440. The summed E-state index contributed by atoms with van der Waals surface area (Å²) < 4.78 is 0. The number of aliphatic imine (C=N–C) groups is 1. The number of fused-ring (bicyclic) bond motifs is 1. The van der Waals surface area contributed by atoms with E-state index in [1.54, 1.807) is 0 Å². The normalized spacial score (nSPS) is 22.2. The van der Waals surface area contributed by atoms with Crippen LogP contribution < -0.4 is 0 Å². The lowest BCUT2D eigenvalue weighted by atomic mass is 9.75. The van der Waals surface area contributed by atoms with E-state index in [1.165, 1.54) is 16.8 Å². The Labute approximate surface area is 162 Å². The van der Waals surface area contributed by atoms with Gasteiger partial charge in [0, 0.05) is 36.7 Å². The number of hydrogen-bond acceptors (Lipinski definition) is 3. The minimum atomic E-state index is -0.301. The molecule has 2 aromatic rings. The number of carbonyl (C=O) groups is 1. The predicted octanol–water partition coefficient (Wildman–Crippen LogP) is 4.82. The Hall–Kier alpha value is -2.26. The van der Waals surface area contributed by atoms with Crippen LogP contribution in [-0.2, 0) is 17.8 Å². The van der Waals surface area contributed by atoms with Gasteiger partial charge in [-0.2, -0.15) is 0 Å². The zero-order chi connectivity index (χ0) is 18.9. The fourth-order valence-corrected chi connectivity index (χ4v) is 4.54. The summed E-state index contributed by atoms with van der Waals surface area (Å²) in [5, 5.41) is 0. The first-order valence-electron chi connectivity index (χ1n) is 9.96. The van der Waals surface area contributed by atoms with Gasteiger partial charge in [-0.15, -0.1) is 0 Å². The molecule has 1 atom stereocenters. The van der Waals surface area contributed by atoms with Gasteiger partial charge in [-0.25, -0.2) is 0 Å². The summed E-state index contributed by atoms with van der Waals surface area (Å²) in [6, 6.07) is 18.9. The Morgan fingerprint density at radius 2 is 1.78 bits per heavy atom. The van der Waals surface area contributed by atoms with Crippen molar-refractivity contribution in [2.75, 3.05) is 13.1 Å². The zero-order valence-electron chi connectivity index (χ0n) is 16.3. The van der Waals surface area contributed by atoms with Gasteiger partial charge in [-0.3, -0.25) is 14.7 Å². The van der Waals surface area contributed by atoms with E-state index in [2.05, 4.69) is 67.3 Å². The van der Waals surface area contributed by atoms with E-state index >= 15 is 0 Å². The van der Waals surface area contributed by atoms with Crippen molar-refractivity contribution < 1.29 is 4.79 Å². The van der Waals surface area contributed by atoms with Crippen LogP contribution >= 0.6 is 0 Å². The molecule has 2 aliphatic heterocycles. The highest BCUT2D eigenvalue weighted by Crippen LogP contribution is 2.34. The van der Waals surface area contributed by atoms with Gasteiger partial charge in [-0.05, 0) is 36.5 Å². The van der Waals surface area contributed by atoms with E-state index in [0.717, 1.165) is 44.6 Å². The van der Waals surface area contributed by atoms with Crippen molar-refractivity contribution >= 4 is 17.2 Å². The highest BCUT2D eigenvalue weighted by molar-refractivity contribution is 5.95. The number of hydrogen-bond donors (Lipinski definition) is 0. The van der Waals surface area contributed by atoms with Gasteiger partial charge in [0.15, 0.2) is 0 Å². The number of likely N-dealkylation sites (tertiary alicyclic amines) is 1. The second-order valence-corrected chi connectivity index (χ2v) is 8.61. The van der Waals surface area contributed by atoms with Gasteiger partial charge in [0.25, 0.3) is 0 Å². The molecule has 0 spiro atoms. The molecule has 0 saturated carbocycles. The van der Waals surface area contributed by atoms with Gasteiger partial charge in [0.1, 0.15) is 5.78 Å². The van der Waals surface area contributed by atoms with Crippen LogP contribution in [0.25, 0.3) is 0 Å². The third kappa shape index (κ3) is 4.03. The number of aryl methyl sites for hydroxylation is 1. The average molecular weight is 361 g/mol. The first-order chi connectivity index (χ1) is 13.0. The first-order valence-corrected chi connectivity index (χ1v) is 9.96. The van der Waals surface area contributed by atoms with Crippen LogP contribution in [0.4, 0.5) is 5.69 Å². The lowest BCUT2D eigenvalue weighted by Crippen LogP contribution is -2.51. The van der Waals surface area contributed by atoms with Crippen LogP contribution in [0.1, 0.15) is 37.8 Å². The molecule has 3 heteroatoms. The molecule has 0 radical (unpaired) electrons. The third-order valence-electron chi connectivity index (χ3n) is 5.82. The molecular weight excluding hydrogens is 332 g/mol. The zero-order valence-corrected chi connectivity index (χ0v) is 16.3. The van der Waals surface area contributed by atoms with Crippen molar-refractivity contribution in [3.8, 4) is 0 Å². The summed E-state index contributed by atoms with van der Waals surface area (Å²) in [6.45, 7) is 6.75. The SMILES string of the molecule is CC1(C)CN(Cc2ccccc2)CC(CC2=Nc3ccccc3CC2)C1=O. The number of piperidine rings is 1. The number of nitrogens with zero attached hydrogens (tertiary/aromatic N) is 2. The van der Waals surface area contributed by atoms with Crippen LogP contribution in [0.5, 0.6) is 0 Å². The largest absolute Gasteiger partial charge is 0.299 e. The second kappa shape index (κ2) is 7.40. The monoisotopic (exact) mass is 360 g/mol. The molecule has 0 aromatic heterocycles. The van der Waals surface area contributed by atoms with Crippen molar-refractivity contribution in [2.24, 2.45) is 16.3 Å². The number of Topliss-reactive ketones (excluding diaryl/α,β-unsaturated/α-hetero) is 1. The molecular formula is C24H28N2O. The molecule has 0 amide bonds. The maximum Gasteiger partial charge on any atom is 0.144 e. The maximum absolute atomic E-state index is 13.1. The van der Waals surface area contributed by atoms with Crippen molar-refractivity contribution in [3.05, 3.63) is 65.7 Å². The molecule has 1 saturated heterocycles. The van der Waals surface area contributed by atoms with Crippen molar-refractivity contribution in [2.45, 2.75) is 39.7 Å². The molecule has 0 aliphatic carbocycles. The molecule has 3 nitrogen and oxygen atoms in total. The van der Waals surface area contributed by atoms with Gasteiger partial charge >= 0.3 is 0 Å². The number of rotatable bonds is 4. The van der Waals surface area contributed by atoms with Crippen molar-refractivity contribution in [1.29, 1.82) is 0 Å². The fraction of sp³-hybridized carbons (Fsp3) is 0.417. The molecule has 1 fully saturated rings. The predicted molar refractivity (Wildman–Crippen MR) is 110 cm³/mol. The third-order valence-corrected chi connectivity index (χ3v) is 5.82. The second-order valence-electron chi connectivity index (χ2n) is 8.61. The summed E-state index contributed by atoms with van der Waals surface area (Å²) in [5.41, 5.74) is 4.60. The van der Waals surface area contributed by atoms with E-state index < -0.39 is 0 Å². The van der Waals surface area contributed by atoms with Crippen LogP contribution in [0.15, 0.2) is 59.6 Å². The fourth-order valence-electron chi connectivity index (χ4n) is 4.54. The lowest BCUT2D eigenvalue weighted by Gasteiger charge is -2.41.